The number of allylic oxidation sites excluding steroid dienone is 2. The Morgan fingerprint density at radius 2 is 1.38 bits per heavy atom. The van der Waals surface area contributed by atoms with Gasteiger partial charge in [-0.05, 0) is 111 Å². The average Bonchev–Trinajstić information content (AvgIpc) is 3.72. The number of hydrogen-bond acceptors (Lipinski definition) is 5. The van der Waals surface area contributed by atoms with E-state index < -0.39 is 7.25 Å². The van der Waals surface area contributed by atoms with Crippen LogP contribution in [0, 0.1) is 13.8 Å². The van der Waals surface area contributed by atoms with Gasteiger partial charge in [0, 0.05) is 45.3 Å². The number of carbonyl (C=O) groups is 1. The third kappa shape index (κ3) is 5.16. The Morgan fingerprint density at radius 3 is 1.98 bits per heavy atom. The molecular weight excluding hydrogens is 557 g/mol. The lowest BCUT2D eigenvalue weighted by Gasteiger charge is -2.26. The van der Waals surface area contributed by atoms with Gasteiger partial charge >= 0.3 is 7.25 Å². The first-order valence-corrected chi connectivity index (χ1v) is 15.0. The molecule has 45 heavy (non-hydrogen) atoms. The Morgan fingerprint density at radius 1 is 0.756 bits per heavy atom. The van der Waals surface area contributed by atoms with Crippen molar-refractivity contribution in [3.63, 3.8) is 0 Å². The molecule has 0 radical (unpaired) electrons. The quantitative estimate of drug-likeness (QED) is 0.141. The van der Waals surface area contributed by atoms with Crippen LogP contribution in [0.15, 0.2) is 132 Å². The predicted molar refractivity (Wildman–Crippen MR) is 182 cm³/mol. The maximum Gasteiger partial charge on any atom is 0.743 e. The first-order chi connectivity index (χ1) is 21.9. The topological polar surface area (TPSA) is 56.1 Å². The number of anilines is 3. The number of aryl methyl sites for hydroxylation is 2. The Labute approximate surface area is 263 Å². The highest BCUT2D eigenvalue weighted by Gasteiger charge is 2.40. The minimum Gasteiger partial charge on any atom is -0.503 e. The van der Waals surface area contributed by atoms with E-state index >= 15 is 0 Å². The van der Waals surface area contributed by atoms with Crippen LogP contribution in [0.2, 0.25) is 0 Å². The molecule has 7 heteroatoms. The number of nitrogens with zero attached hydrogens (tertiary/aromatic N) is 3. The van der Waals surface area contributed by atoms with Crippen LogP contribution in [0.4, 0.5) is 17.1 Å². The fraction of sp³-hybridized carbons (Fsp3) is 0.105. The molecule has 0 amide bonds. The molecule has 1 aromatic heterocycles. The number of aromatic nitrogens is 1. The van der Waals surface area contributed by atoms with Gasteiger partial charge < -0.3 is 18.7 Å². The number of aliphatic imine (C=N–C) groups is 1. The molecule has 0 spiro atoms. The molecule has 0 aliphatic carbocycles. The van der Waals surface area contributed by atoms with Crippen LogP contribution < -0.4 is 14.2 Å². The number of carbonyl (C=O) groups excluding carboxylic acids is 1. The zero-order chi connectivity index (χ0) is 31.1. The summed E-state index contributed by atoms with van der Waals surface area (Å²) in [4.78, 5) is 18.7. The van der Waals surface area contributed by atoms with Gasteiger partial charge in [-0.15, -0.1) is 0 Å². The summed E-state index contributed by atoms with van der Waals surface area (Å²) in [5, 5.41) is 0. The molecule has 0 saturated heterocycles. The highest BCUT2D eigenvalue weighted by molar-refractivity contribution is 6.46. The summed E-state index contributed by atoms with van der Waals surface area (Å²) < 4.78 is 14.7. The van der Waals surface area contributed by atoms with Crippen molar-refractivity contribution in [2.45, 2.75) is 27.7 Å². The van der Waals surface area contributed by atoms with E-state index in [4.69, 9.17) is 14.3 Å². The Kier molecular flexibility index (Phi) is 7.22. The predicted octanol–water partition coefficient (Wildman–Crippen LogP) is 8.87. The minimum absolute atomic E-state index is 0.540. The van der Waals surface area contributed by atoms with E-state index in [0.29, 0.717) is 17.1 Å². The monoisotopic (exact) mass is 589 g/mol. The van der Waals surface area contributed by atoms with Crippen molar-refractivity contribution in [2.24, 2.45) is 4.99 Å². The summed E-state index contributed by atoms with van der Waals surface area (Å²) in [5.41, 5.74) is 11.8. The van der Waals surface area contributed by atoms with Gasteiger partial charge in [0.2, 0.25) is 0 Å². The highest BCUT2D eigenvalue weighted by atomic mass is 16.6. The molecule has 2 aliphatic rings. The van der Waals surface area contributed by atoms with Gasteiger partial charge in [0.1, 0.15) is 17.8 Å². The van der Waals surface area contributed by atoms with E-state index in [0.717, 1.165) is 68.4 Å². The number of benzene rings is 4. The highest BCUT2D eigenvalue weighted by Crippen LogP contribution is 2.41. The molecule has 0 unspecified atom stereocenters. The molecule has 5 aromatic rings. The second kappa shape index (κ2) is 11.5. The van der Waals surface area contributed by atoms with E-state index in [2.05, 4.69) is 115 Å². The van der Waals surface area contributed by atoms with Gasteiger partial charge in [-0.3, -0.25) is 9.79 Å². The normalized spacial score (nSPS) is 14.7. The second-order valence-electron chi connectivity index (χ2n) is 11.4. The van der Waals surface area contributed by atoms with E-state index in [9.17, 15) is 4.79 Å². The van der Waals surface area contributed by atoms with Crippen molar-refractivity contribution in [2.75, 3.05) is 4.90 Å². The van der Waals surface area contributed by atoms with Crippen LogP contribution in [0.25, 0.3) is 5.57 Å². The summed E-state index contributed by atoms with van der Waals surface area (Å²) in [6.45, 7) is 8.29. The number of aldehydes is 1. The summed E-state index contributed by atoms with van der Waals surface area (Å²) in [5.74, 6) is 1.15. The van der Waals surface area contributed by atoms with Crippen molar-refractivity contribution in [3.05, 3.63) is 155 Å². The molecule has 0 bridgehead atoms. The largest absolute Gasteiger partial charge is 0.743 e. The summed E-state index contributed by atoms with van der Waals surface area (Å²) in [6, 6.07) is 36.8. The number of rotatable bonds is 7. The van der Waals surface area contributed by atoms with E-state index in [1.165, 1.54) is 0 Å². The molecule has 2 aliphatic heterocycles. The first-order valence-electron chi connectivity index (χ1n) is 15.0. The Balaban J connectivity index is 1.36. The number of para-hydroxylation sites is 2. The molecule has 7 rings (SSSR count). The van der Waals surface area contributed by atoms with Gasteiger partial charge in [-0.1, -0.05) is 48.5 Å². The van der Waals surface area contributed by atoms with E-state index in [-0.39, 0.29) is 0 Å². The maximum atomic E-state index is 11.4. The van der Waals surface area contributed by atoms with E-state index in [1.807, 2.05) is 19.1 Å². The second-order valence-corrected chi connectivity index (χ2v) is 11.4. The molecule has 6 nitrogen and oxygen atoms in total. The third-order valence-electron chi connectivity index (χ3n) is 8.19. The van der Waals surface area contributed by atoms with Crippen molar-refractivity contribution in [3.8, 4) is 11.5 Å². The van der Waals surface area contributed by atoms with Crippen LogP contribution >= 0.6 is 0 Å². The standard InChI is InChI=1S/C38H32BN3O3/c1-25-21-27(3)40-37(25)36(38-26(2)22-28(4)42(38)39-44-34-20-15-29(24-43)23-35(34)45-39)30-16-18-33(19-17-30)41(31-11-7-5-8-12-31)32-13-9-6-10-14-32/h5-24H,1-4H3/b37-36-. The lowest BCUT2D eigenvalue weighted by molar-refractivity contribution is 0.112. The fourth-order valence-electron chi connectivity index (χ4n) is 6.24. The minimum atomic E-state index is -0.733. The molecule has 0 N–H and O–H groups in total. The van der Waals surface area contributed by atoms with Gasteiger partial charge in [-0.25, -0.2) is 0 Å². The molecule has 4 aromatic carbocycles. The number of fused-ring (bicyclic) bond motifs is 1. The van der Waals surface area contributed by atoms with Crippen LogP contribution in [-0.4, -0.2) is 23.7 Å². The number of hydrogen-bond donors (Lipinski definition) is 0. The fourth-order valence-corrected chi connectivity index (χ4v) is 6.24. The molecule has 3 heterocycles. The van der Waals surface area contributed by atoms with Crippen molar-refractivity contribution in [1.29, 1.82) is 0 Å². The van der Waals surface area contributed by atoms with Gasteiger partial charge in [-0.2, -0.15) is 0 Å². The zero-order valence-corrected chi connectivity index (χ0v) is 25.7. The smallest absolute Gasteiger partial charge is 0.503 e. The van der Waals surface area contributed by atoms with Crippen molar-refractivity contribution >= 4 is 41.9 Å². The van der Waals surface area contributed by atoms with Crippen LogP contribution in [0.3, 0.4) is 0 Å². The molecule has 0 fully saturated rings. The summed E-state index contributed by atoms with van der Waals surface area (Å²) >= 11 is 0. The third-order valence-corrected chi connectivity index (χ3v) is 8.19. The van der Waals surface area contributed by atoms with Gasteiger partial charge in [0.15, 0.2) is 0 Å². The first kappa shape index (κ1) is 28.2. The van der Waals surface area contributed by atoms with Gasteiger partial charge in [0.25, 0.3) is 0 Å². The van der Waals surface area contributed by atoms with Crippen molar-refractivity contribution in [1.82, 2.24) is 4.48 Å². The van der Waals surface area contributed by atoms with Crippen LogP contribution in [-0.2, 0) is 0 Å². The van der Waals surface area contributed by atoms with E-state index in [1.54, 1.807) is 18.2 Å². The SMILES string of the molecule is CC1=CC(C)=N/C1=C(/c1ccc(N(c2ccccc2)c2ccccc2)cc1)c1c(C)cc(C)n1B1Oc2ccc(C=O)cc2O1. The lowest BCUT2D eigenvalue weighted by Crippen LogP contribution is -2.36. The Bertz CT molecular complexity index is 1970. The average molecular weight is 590 g/mol. The molecule has 0 atom stereocenters. The lowest BCUT2D eigenvalue weighted by atomic mass is 9.93. The summed E-state index contributed by atoms with van der Waals surface area (Å²) in [6.07, 6.45) is 2.93. The molecular formula is C38H32BN3O3. The van der Waals surface area contributed by atoms with Crippen LogP contribution in [0.5, 0.6) is 11.5 Å². The molecule has 220 valence electrons. The summed E-state index contributed by atoms with van der Waals surface area (Å²) in [7, 11) is -0.733. The Hall–Kier alpha value is -5.56. The van der Waals surface area contributed by atoms with Gasteiger partial charge in [0.05, 0.1) is 5.70 Å². The maximum absolute atomic E-state index is 11.4. The van der Waals surface area contributed by atoms with Crippen molar-refractivity contribution < 1.29 is 14.1 Å². The van der Waals surface area contributed by atoms with Crippen LogP contribution in [0.1, 0.15) is 46.7 Å². The zero-order valence-electron chi connectivity index (χ0n) is 25.7. The molecule has 0 saturated carbocycles.